The molecule has 0 fully saturated rings. The number of anilines is 2. The second-order valence-corrected chi connectivity index (χ2v) is 5.60. The standard InChI is InChI=1S/C15H16BrN3O/c1-17-14-8-13(2-4-18-14)19-9-11-7-12(16)6-10-3-5-20-15(10)11/h2,4,6-8H,3,5,9H2,1H3,(H2,17,18,19). The van der Waals surface area contributed by atoms with Crippen molar-refractivity contribution in [2.24, 2.45) is 0 Å². The quantitative estimate of drug-likeness (QED) is 0.899. The number of nitrogens with zero attached hydrogens (tertiary/aromatic N) is 1. The number of halogens is 1. The van der Waals surface area contributed by atoms with Crippen LogP contribution in [0.4, 0.5) is 11.5 Å². The maximum atomic E-state index is 5.73. The van der Waals surface area contributed by atoms with E-state index in [1.54, 1.807) is 6.20 Å². The van der Waals surface area contributed by atoms with E-state index in [1.807, 2.05) is 19.2 Å². The predicted octanol–water partition coefficient (Wildman–Crippen LogP) is 3.43. The highest BCUT2D eigenvalue weighted by molar-refractivity contribution is 9.10. The van der Waals surface area contributed by atoms with E-state index in [0.29, 0.717) is 0 Å². The monoisotopic (exact) mass is 333 g/mol. The van der Waals surface area contributed by atoms with E-state index >= 15 is 0 Å². The first-order valence-corrected chi connectivity index (χ1v) is 7.37. The summed E-state index contributed by atoms with van der Waals surface area (Å²) < 4.78 is 6.83. The fourth-order valence-electron chi connectivity index (χ4n) is 2.35. The van der Waals surface area contributed by atoms with Crippen molar-refractivity contribution in [2.75, 3.05) is 24.3 Å². The lowest BCUT2D eigenvalue weighted by atomic mass is 10.1. The van der Waals surface area contributed by atoms with Crippen LogP contribution in [0.3, 0.4) is 0 Å². The fraction of sp³-hybridized carbons (Fsp3) is 0.267. The van der Waals surface area contributed by atoms with Crippen molar-refractivity contribution in [1.82, 2.24) is 4.98 Å². The van der Waals surface area contributed by atoms with Crippen molar-refractivity contribution in [3.05, 3.63) is 46.1 Å². The van der Waals surface area contributed by atoms with Crippen LogP contribution in [-0.4, -0.2) is 18.6 Å². The van der Waals surface area contributed by atoms with Gasteiger partial charge in [0, 0.05) is 48.0 Å². The first kappa shape index (κ1) is 13.2. The molecule has 0 saturated carbocycles. The number of rotatable bonds is 4. The van der Waals surface area contributed by atoms with Crippen LogP contribution < -0.4 is 15.4 Å². The van der Waals surface area contributed by atoms with Gasteiger partial charge in [-0.2, -0.15) is 0 Å². The lowest BCUT2D eigenvalue weighted by Gasteiger charge is -2.11. The largest absolute Gasteiger partial charge is 0.493 e. The molecule has 4 nitrogen and oxygen atoms in total. The van der Waals surface area contributed by atoms with Gasteiger partial charge in [0.2, 0.25) is 0 Å². The van der Waals surface area contributed by atoms with Gasteiger partial charge in [-0.05, 0) is 23.8 Å². The molecule has 3 rings (SSSR count). The Morgan fingerprint density at radius 2 is 2.25 bits per heavy atom. The molecule has 5 heteroatoms. The third-order valence-corrected chi connectivity index (χ3v) is 3.78. The van der Waals surface area contributed by atoms with E-state index in [1.165, 1.54) is 11.1 Å². The first-order valence-electron chi connectivity index (χ1n) is 6.58. The highest BCUT2D eigenvalue weighted by atomic mass is 79.9. The van der Waals surface area contributed by atoms with Crippen molar-refractivity contribution >= 4 is 27.4 Å². The lowest BCUT2D eigenvalue weighted by Crippen LogP contribution is -2.02. The van der Waals surface area contributed by atoms with Crippen molar-refractivity contribution in [2.45, 2.75) is 13.0 Å². The molecule has 1 aliphatic heterocycles. The second-order valence-electron chi connectivity index (χ2n) is 4.68. The van der Waals surface area contributed by atoms with Crippen molar-refractivity contribution in [1.29, 1.82) is 0 Å². The molecule has 20 heavy (non-hydrogen) atoms. The minimum Gasteiger partial charge on any atom is -0.493 e. The van der Waals surface area contributed by atoms with Gasteiger partial charge in [0.1, 0.15) is 11.6 Å². The summed E-state index contributed by atoms with van der Waals surface area (Å²) in [5.41, 5.74) is 3.49. The Kier molecular flexibility index (Phi) is 3.78. The number of hydrogen-bond donors (Lipinski definition) is 2. The summed E-state index contributed by atoms with van der Waals surface area (Å²) >= 11 is 3.56. The summed E-state index contributed by atoms with van der Waals surface area (Å²) in [7, 11) is 1.86. The molecule has 2 aromatic rings. The van der Waals surface area contributed by atoms with Gasteiger partial charge in [-0.3, -0.25) is 0 Å². The average molecular weight is 334 g/mol. The Balaban J connectivity index is 1.78. The molecule has 0 unspecified atom stereocenters. The normalized spacial score (nSPS) is 12.7. The topological polar surface area (TPSA) is 46.2 Å². The number of nitrogens with one attached hydrogen (secondary N) is 2. The summed E-state index contributed by atoms with van der Waals surface area (Å²) in [6.07, 6.45) is 2.77. The third-order valence-electron chi connectivity index (χ3n) is 3.32. The minimum atomic E-state index is 0.731. The zero-order valence-electron chi connectivity index (χ0n) is 11.2. The fourth-order valence-corrected chi connectivity index (χ4v) is 2.90. The average Bonchev–Trinajstić information content (AvgIpc) is 2.93. The van der Waals surface area contributed by atoms with Gasteiger partial charge in [0.15, 0.2) is 0 Å². The molecule has 0 saturated heterocycles. The van der Waals surface area contributed by atoms with Crippen LogP contribution >= 0.6 is 15.9 Å². The smallest absolute Gasteiger partial charge is 0.127 e. The van der Waals surface area contributed by atoms with E-state index in [9.17, 15) is 0 Å². The maximum Gasteiger partial charge on any atom is 0.127 e. The Morgan fingerprint density at radius 1 is 1.35 bits per heavy atom. The van der Waals surface area contributed by atoms with Crippen molar-refractivity contribution in [3.8, 4) is 5.75 Å². The van der Waals surface area contributed by atoms with Gasteiger partial charge in [-0.25, -0.2) is 4.98 Å². The van der Waals surface area contributed by atoms with Crippen molar-refractivity contribution < 1.29 is 4.74 Å². The summed E-state index contributed by atoms with van der Waals surface area (Å²) in [4.78, 5) is 4.20. The molecule has 0 aliphatic carbocycles. The predicted molar refractivity (Wildman–Crippen MR) is 84.5 cm³/mol. The van der Waals surface area contributed by atoms with Crippen LogP contribution in [0.2, 0.25) is 0 Å². The van der Waals surface area contributed by atoms with E-state index in [-0.39, 0.29) is 0 Å². The number of pyridine rings is 1. The van der Waals surface area contributed by atoms with E-state index in [0.717, 1.165) is 41.3 Å². The molecule has 104 valence electrons. The molecule has 2 heterocycles. The van der Waals surface area contributed by atoms with Crippen LogP contribution in [0.25, 0.3) is 0 Å². The Morgan fingerprint density at radius 3 is 3.10 bits per heavy atom. The Hall–Kier alpha value is -1.75. The molecule has 0 bridgehead atoms. The molecule has 0 atom stereocenters. The molecule has 0 amide bonds. The molecule has 1 aliphatic rings. The zero-order chi connectivity index (χ0) is 13.9. The first-order chi connectivity index (χ1) is 9.76. The minimum absolute atomic E-state index is 0.731. The molecular weight excluding hydrogens is 318 g/mol. The Bertz CT molecular complexity index is 631. The van der Waals surface area contributed by atoms with Crippen LogP contribution in [-0.2, 0) is 13.0 Å². The van der Waals surface area contributed by atoms with Gasteiger partial charge in [0.05, 0.1) is 6.61 Å². The molecular formula is C15H16BrN3O. The van der Waals surface area contributed by atoms with Gasteiger partial charge < -0.3 is 15.4 Å². The van der Waals surface area contributed by atoms with Crippen LogP contribution in [0.1, 0.15) is 11.1 Å². The number of benzene rings is 1. The van der Waals surface area contributed by atoms with E-state index in [4.69, 9.17) is 4.74 Å². The molecule has 2 N–H and O–H groups in total. The lowest BCUT2D eigenvalue weighted by molar-refractivity contribution is 0.354. The van der Waals surface area contributed by atoms with E-state index in [2.05, 4.69) is 43.7 Å². The summed E-state index contributed by atoms with van der Waals surface area (Å²) in [6, 6.07) is 8.19. The van der Waals surface area contributed by atoms with Crippen LogP contribution in [0, 0.1) is 0 Å². The van der Waals surface area contributed by atoms with Crippen LogP contribution in [0.15, 0.2) is 34.9 Å². The van der Waals surface area contributed by atoms with Gasteiger partial charge >= 0.3 is 0 Å². The van der Waals surface area contributed by atoms with Crippen LogP contribution in [0.5, 0.6) is 5.75 Å². The summed E-state index contributed by atoms with van der Waals surface area (Å²) in [5.74, 6) is 1.88. The van der Waals surface area contributed by atoms with Crippen molar-refractivity contribution in [3.63, 3.8) is 0 Å². The molecule has 0 spiro atoms. The highest BCUT2D eigenvalue weighted by Gasteiger charge is 2.17. The highest BCUT2D eigenvalue weighted by Crippen LogP contribution is 2.33. The SMILES string of the molecule is CNc1cc(NCc2cc(Br)cc3c2OCC3)ccn1. The Labute approximate surface area is 126 Å². The molecule has 1 aromatic carbocycles. The molecule has 0 radical (unpaired) electrons. The second kappa shape index (κ2) is 5.71. The number of ether oxygens (including phenoxy) is 1. The number of fused-ring (bicyclic) bond motifs is 1. The maximum absolute atomic E-state index is 5.73. The van der Waals surface area contributed by atoms with Gasteiger partial charge in [-0.15, -0.1) is 0 Å². The number of hydrogen-bond acceptors (Lipinski definition) is 4. The molecule has 1 aromatic heterocycles. The summed E-state index contributed by atoms with van der Waals surface area (Å²) in [5, 5.41) is 6.44. The third kappa shape index (κ3) is 2.72. The van der Waals surface area contributed by atoms with Gasteiger partial charge in [-0.1, -0.05) is 15.9 Å². The summed E-state index contributed by atoms with van der Waals surface area (Å²) in [6.45, 7) is 1.51. The zero-order valence-corrected chi connectivity index (χ0v) is 12.8. The van der Waals surface area contributed by atoms with Gasteiger partial charge in [0.25, 0.3) is 0 Å². The van der Waals surface area contributed by atoms with E-state index < -0.39 is 0 Å². The number of aromatic nitrogens is 1.